The molecular weight excluding hydrogens is 268 g/mol. The Morgan fingerprint density at radius 1 is 0.591 bits per heavy atom. The highest BCUT2D eigenvalue weighted by Crippen LogP contribution is 2.26. The molecule has 0 saturated heterocycles. The second kappa shape index (κ2) is 14.3. The first-order chi connectivity index (χ1) is 10.8. The van der Waals surface area contributed by atoms with Crippen molar-refractivity contribution in [3.8, 4) is 0 Å². The second-order valence-corrected chi connectivity index (χ2v) is 7.65. The minimum atomic E-state index is 0.368. The molecule has 1 heteroatoms. The van der Waals surface area contributed by atoms with E-state index in [1.807, 2.05) is 0 Å². The molecule has 0 aromatic heterocycles. The summed E-state index contributed by atoms with van der Waals surface area (Å²) in [6.07, 6.45) is 25.5. The van der Waals surface area contributed by atoms with Crippen LogP contribution < -0.4 is 0 Å². The lowest BCUT2D eigenvalue weighted by molar-refractivity contribution is -0.118. The zero-order valence-electron chi connectivity index (χ0n) is 15.2. The van der Waals surface area contributed by atoms with Gasteiger partial charge in [0.2, 0.25) is 0 Å². The van der Waals surface area contributed by atoms with Gasteiger partial charge in [0, 0.05) is 6.42 Å². The van der Waals surface area contributed by atoms with E-state index in [-0.39, 0.29) is 0 Å². The van der Waals surface area contributed by atoms with Crippen LogP contribution in [0.1, 0.15) is 122 Å². The minimum absolute atomic E-state index is 0.368. The van der Waals surface area contributed by atoms with Crippen LogP contribution in [-0.2, 0) is 4.79 Å². The van der Waals surface area contributed by atoms with E-state index in [0.29, 0.717) is 5.78 Å². The molecule has 3 aliphatic rings. The minimum Gasteiger partial charge on any atom is -0.300 e. The highest BCUT2D eigenvalue weighted by atomic mass is 16.1. The molecule has 0 unspecified atom stereocenters. The first-order valence-corrected chi connectivity index (χ1v) is 10.3. The monoisotopic (exact) mass is 308 g/mol. The van der Waals surface area contributed by atoms with Crippen LogP contribution in [0.25, 0.3) is 0 Å². The highest BCUT2D eigenvalue weighted by Gasteiger charge is 2.14. The summed E-state index contributed by atoms with van der Waals surface area (Å²) in [5.74, 6) is 1.10. The summed E-state index contributed by atoms with van der Waals surface area (Å²) in [5, 5.41) is 0. The molecule has 0 heterocycles. The fourth-order valence-corrected chi connectivity index (χ4v) is 3.92. The van der Waals surface area contributed by atoms with Crippen LogP contribution >= 0.6 is 0 Å². The topological polar surface area (TPSA) is 17.1 Å². The van der Waals surface area contributed by atoms with E-state index in [9.17, 15) is 4.79 Å². The average molecular weight is 309 g/mol. The number of carbonyl (C=O) groups excluding carboxylic acids is 1. The van der Waals surface area contributed by atoms with Gasteiger partial charge in [-0.2, -0.15) is 0 Å². The molecule has 0 radical (unpaired) electrons. The normalized spacial score (nSPS) is 22.6. The van der Waals surface area contributed by atoms with Crippen LogP contribution in [0.4, 0.5) is 0 Å². The molecule has 3 saturated carbocycles. The Balaban J connectivity index is 0.000000174. The first-order valence-electron chi connectivity index (χ1n) is 10.3. The quantitative estimate of drug-likeness (QED) is 0.526. The van der Waals surface area contributed by atoms with Crippen molar-refractivity contribution >= 4 is 5.78 Å². The molecule has 0 N–H and O–H groups in total. The van der Waals surface area contributed by atoms with Crippen molar-refractivity contribution in [3.63, 3.8) is 0 Å². The van der Waals surface area contributed by atoms with Gasteiger partial charge < -0.3 is 4.79 Å². The molecule has 1 nitrogen and oxygen atoms in total. The van der Waals surface area contributed by atoms with Crippen molar-refractivity contribution in [1.82, 2.24) is 0 Å². The van der Waals surface area contributed by atoms with Gasteiger partial charge in [0.05, 0.1) is 0 Å². The van der Waals surface area contributed by atoms with Crippen molar-refractivity contribution in [2.45, 2.75) is 122 Å². The number of ketones is 1. The Labute approximate surface area is 139 Å². The molecule has 3 aliphatic carbocycles. The maximum atomic E-state index is 10.7. The predicted octanol–water partition coefficient (Wildman–Crippen LogP) is 7.23. The second-order valence-electron chi connectivity index (χ2n) is 7.65. The van der Waals surface area contributed by atoms with Crippen molar-refractivity contribution < 1.29 is 4.79 Å². The van der Waals surface area contributed by atoms with Gasteiger partial charge in [-0.15, -0.1) is 0 Å². The molecule has 3 fully saturated rings. The lowest BCUT2D eigenvalue weighted by Crippen LogP contribution is -2.09. The molecule has 0 amide bonds. The van der Waals surface area contributed by atoms with E-state index in [1.165, 1.54) is 109 Å². The zero-order chi connectivity index (χ0) is 15.9. The fourth-order valence-electron chi connectivity index (χ4n) is 3.92. The van der Waals surface area contributed by atoms with Gasteiger partial charge in [-0.05, 0) is 12.8 Å². The third-order valence-corrected chi connectivity index (χ3v) is 5.30. The third-order valence-electron chi connectivity index (χ3n) is 5.30. The summed E-state index contributed by atoms with van der Waals surface area (Å²) in [6.45, 7) is 1.70. The lowest BCUT2D eigenvalue weighted by atomic mass is 9.86. The third kappa shape index (κ3) is 12.2. The van der Waals surface area contributed by atoms with Crippen LogP contribution in [0.2, 0.25) is 0 Å². The van der Waals surface area contributed by atoms with Crippen LogP contribution in [0.5, 0.6) is 0 Å². The van der Waals surface area contributed by atoms with E-state index in [2.05, 4.69) is 0 Å². The maximum absolute atomic E-state index is 10.7. The molecule has 22 heavy (non-hydrogen) atoms. The summed E-state index contributed by atoms with van der Waals surface area (Å²) < 4.78 is 0. The van der Waals surface area contributed by atoms with Crippen LogP contribution in [0.3, 0.4) is 0 Å². The number of Topliss-reactive ketones (excluding diaryl/α,β-unsaturated/α-hetero) is 1. The SMILES string of the molecule is C1CCCCC1.C1CCCCC1.CC(=O)CC1CCCCC1. The molecule has 0 aliphatic heterocycles. The fraction of sp³-hybridized carbons (Fsp3) is 0.952. The van der Waals surface area contributed by atoms with Crippen LogP contribution in [-0.4, -0.2) is 5.78 Å². The average Bonchev–Trinajstić information content (AvgIpc) is 2.59. The molecular formula is C21H40O. The number of carbonyl (C=O) groups is 1. The Morgan fingerprint density at radius 3 is 1.14 bits per heavy atom. The van der Waals surface area contributed by atoms with E-state index in [0.717, 1.165) is 12.3 Å². The van der Waals surface area contributed by atoms with Gasteiger partial charge in [-0.3, -0.25) is 0 Å². The van der Waals surface area contributed by atoms with Gasteiger partial charge in [-0.1, -0.05) is 109 Å². The van der Waals surface area contributed by atoms with Gasteiger partial charge in [0.25, 0.3) is 0 Å². The van der Waals surface area contributed by atoms with E-state index in [4.69, 9.17) is 0 Å². The smallest absolute Gasteiger partial charge is 0.130 e. The molecule has 0 spiro atoms. The summed E-state index contributed by atoms with van der Waals surface area (Å²) in [7, 11) is 0. The molecule has 0 atom stereocenters. The molecule has 0 aromatic carbocycles. The standard InChI is InChI=1S/C9H16O.2C6H12/c1-8(10)7-9-5-3-2-4-6-9;2*1-2-4-6-5-3-1/h9H,2-7H2,1H3;2*1-6H2. The van der Waals surface area contributed by atoms with Crippen LogP contribution in [0.15, 0.2) is 0 Å². The summed E-state index contributed by atoms with van der Waals surface area (Å²) in [4.78, 5) is 10.7. The largest absolute Gasteiger partial charge is 0.300 e. The number of rotatable bonds is 2. The summed E-state index contributed by atoms with van der Waals surface area (Å²) in [5.41, 5.74) is 0. The molecule has 0 aromatic rings. The van der Waals surface area contributed by atoms with Crippen molar-refractivity contribution in [2.75, 3.05) is 0 Å². The highest BCUT2D eigenvalue weighted by molar-refractivity contribution is 5.75. The number of hydrogen-bond donors (Lipinski definition) is 0. The first kappa shape index (κ1) is 19.7. The van der Waals surface area contributed by atoms with Crippen LogP contribution in [0, 0.1) is 5.92 Å². The molecule has 3 rings (SSSR count). The van der Waals surface area contributed by atoms with Crippen molar-refractivity contribution in [2.24, 2.45) is 5.92 Å². The van der Waals surface area contributed by atoms with Crippen molar-refractivity contribution in [1.29, 1.82) is 0 Å². The van der Waals surface area contributed by atoms with Gasteiger partial charge >= 0.3 is 0 Å². The predicted molar refractivity (Wildman–Crippen MR) is 97.3 cm³/mol. The van der Waals surface area contributed by atoms with Gasteiger partial charge in [0.1, 0.15) is 5.78 Å². The Hall–Kier alpha value is -0.330. The van der Waals surface area contributed by atoms with Gasteiger partial charge in [-0.25, -0.2) is 0 Å². The lowest BCUT2D eigenvalue weighted by Gasteiger charge is -2.19. The Morgan fingerprint density at radius 2 is 0.864 bits per heavy atom. The Kier molecular flexibility index (Phi) is 12.8. The maximum Gasteiger partial charge on any atom is 0.130 e. The van der Waals surface area contributed by atoms with Crippen molar-refractivity contribution in [3.05, 3.63) is 0 Å². The van der Waals surface area contributed by atoms with E-state index in [1.54, 1.807) is 6.92 Å². The molecule has 130 valence electrons. The van der Waals surface area contributed by atoms with E-state index < -0.39 is 0 Å². The summed E-state index contributed by atoms with van der Waals surface area (Å²) >= 11 is 0. The molecule has 0 bridgehead atoms. The Bertz CT molecular complexity index is 210. The summed E-state index contributed by atoms with van der Waals surface area (Å²) in [6, 6.07) is 0. The van der Waals surface area contributed by atoms with Gasteiger partial charge in [0.15, 0.2) is 0 Å². The zero-order valence-corrected chi connectivity index (χ0v) is 15.2. The van der Waals surface area contributed by atoms with E-state index >= 15 is 0 Å². The number of hydrogen-bond acceptors (Lipinski definition) is 1.